The van der Waals surface area contributed by atoms with Gasteiger partial charge in [0, 0.05) is 17.6 Å². The number of carbonyl (C=O) groups is 1. The third-order valence-corrected chi connectivity index (χ3v) is 2.62. The number of hydrogen-bond acceptors (Lipinski definition) is 3. The number of nitrogens with zero attached hydrogens (tertiary/aromatic N) is 1. The van der Waals surface area contributed by atoms with Crippen molar-refractivity contribution in [2.24, 2.45) is 0 Å². The van der Waals surface area contributed by atoms with Gasteiger partial charge in [0.25, 0.3) is 5.91 Å². The summed E-state index contributed by atoms with van der Waals surface area (Å²) in [5.41, 5.74) is 7.13. The van der Waals surface area contributed by atoms with Crippen LogP contribution in [-0.2, 0) is 0 Å². The van der Waals surface area contributed by atoms with Gasteiger partial charge in [-0.3, -0.25) is 4.79 Å². The number of nitrogens with two attached hydrogens (primary N) is 1. The van der Waals surface area contributed by atoms with Crippen molar-refractivity contribution < 1.29 is 4.79 Å². The van der Waals surface area contributed by atoms with Crippen molar-refractivity contribution in [2.75, 3.05) is 11.1 Å². The van der Waals surface area contributed by atoms with E-state index in [4.69, 9.17) is 22.6 Å². The van der Waals surface area contributed by atoms with Crippen LogP contribution >= 0.6 is 11.6 Å². The van der Waals surface area contributed by atoms with Gasteiger partial charge in [-0.05, 0) is 24.3 Å². The molecule has 0 bridgehead atoms. The van der Waals surface area contributed by atoms with Gasteiger partial charge in [-0.15, -0.1) is 0 Å². The summed E-state index contributed by atoms with van der Waals surface area (Å²) >= 11 is 5.80. The Morgan fingerprint density at radius 1 is 1.44 bits per heavy atom. The zero-order chi connectivity index (χ0) is 13.1. The molecule has 0 saturated carbocycles. The fourth-order valence-corrected chi connectivity index (χ4v) is 1.59. The van der Waals surface area contributed by atoms with Gasteiger partial charge in [0.15, 0.2) is 0 Å². The number of nitrogen functional groups attached to an aromatic ring is 1. The van der Waals surface area contributed by atoms with E-state index in [9.17, 15) is 4.79 Å². The summed E-state index contributed by atoms with van der Waals surface area (Å²) in [7, 11) is 0. The molecular weight excluding hydrogens is 252 g/mol. The predicted octanol–water partition coefficient (Wildman–Crippen LogP) is 2.37. The molecule has 1 amide bonds. The molecular formula is C12H9ClN4O. The number of H-pyrrole nitrogens is 1. The summed E-state index contributed by atoms with van der Waals surface area (Å²) in [5.74, 6) is -0.335. The highest BCUT2D eigenvalue weighted by molar-refractivity contribution is 6.31. The maximum absolute atomic E-state index is 11.8. The molecule has 6 heteroatoms. The third-order valence-electron chi connectivity index (χ3n) is 2.29. The minimum absolute atomic E-state index is 0.306. The van der Waals surface area contributed by atoms with Crippen molar-refractivity contribution in [3.8, 4) is 6.07 Å². The number of carbonyl (C=O) groups excluding carboxylic acids is 1. The predicted molar refractivity (Wildman–Crippen MR) is 69.3 cm³/mol. The molecule has 90 valence electrons. The summed E-state index contributed by atoms with van der Waals surface area (Å²) in [6, 6.07) is 8.15. The van der Waals surface area contributed by atoms with E-state index < -0.39 is 0 Å². The number of aromatic nitrogens is 1. The molecule has 0 aliphatic heterocycles. The van der Waals surface area contributed by atoms with Gasteiger partial charge in [0.05, 0.1) is 10.6 Å². The molecule has 2 rings (SSSR count). The van der Waals surface area contributed by atoms with Gasteiger partial charge in [0.1, 0.15) is 11.8 Å². The van der Waals surface area contributed by atoms with Crippen LogP contribution in [-0.4, -0.2) is 10.9 Å². The number of benzene rings is 1. The van der Waals surface area contributed by atoms with E-state index in [0.717, 1.165) is 0 Å². The van der Waals surface area contributed by atoms with E-state index in [-0.39, 0.29) is 5.91 Å². The van der Waals surface area contributed by atoms with E-state index in [0.29, 0.717) is 27.7 Å². The summed E-state index contributed by atoms with van der Waals surface area (Å²) in [4.78, 5) is 14.5. The minimum atomic E-state index is -0.335. The van der Waals surface area contributed by atoms with E-state index in [1.807, 2.05) is 6.07 Å². The molecule has 0 radical (unpaired) electrons. The second-order valence-electron chi connectivity index (χ2n) is 3.61. The van der Waals surface area contributed by atoms with Crippen LogP contribution in [0.3, 0.4) is 0 Å². The molecule has 0 unspecified atom stereocenters. The Morgan fingerprint density at radius 3 is 2.83 bits per heavy atom. The van der Waals surface area contributed by atoms with Crippen molar-refractivity contribution in [2.45, 2.75) is 0 Å². The Kier molecular flexibility index (Phi) is 3.22. The molecule has 0 aliphatic carbocycles. The molecule has 0 fully saturated rings. The summed E-state index contributed by atoms with van der Waals surface area (Å²) in [5, 5.41) is 11.8. The van der Waals surface area contributed by atoms with Crippen molar-refractivity contribution in [3.05, 3.63) is 46.7 Å². The van der Waals surface area contributed by atoms with Crippen LogP contribution in [0.5, 0.6) is 0 Å². The second-order valence-corrected chi connectivity index (χ2v) is 4.01. The highest BCUT2D eigenvalue weighted by atomic mass is 35.5. The Labute approximate surface area is 108 Å². The molecule has 2 aromatic rings. The lowest BCUT2D eigenvalue weighted by atomic mass is 10.2. The van der Waals surface area contributed by atoms with Crippen molar-refractivity contribution in [3.63, 3.8) is 0 Å². The molecule has 4 N–H and O–H groups in total. The summed E-state index contributed by atoms with van der Waals surface area (Å²) < 4.78 is 0. The van der Waals surface area contributed by atoms with Crippen molar-refractivity contribution in [1.29, 1.82) is 5.26 Å². The molecule has 0 atom stereocenters. The molecule has 18 heavy (non-hydrogen) atoms. The van der Waals surface area contributed by atoms with Crippen molar-refractivity contribution in [1.82, 2.24) is 4.98 Å². The Morgan fingerprint density at radius 2 is 2.22 bits per heavy atom. The SMILES string of the molecule is N#Cc1cc(NC(=O)c2cc(N)c[nH]2)ccc1Cl. The largest absolute Gasteiger partial charge is 0.397 e. The zero-order valence-corrected chi connectivity index (χ0v) is 9.95. The van der Waals surface area contributed by atoms with Gasteiger partial charge >= 0.3 is 0 Å². The van der Waals surface area contributed by atoms with Crippen LogP contribution in [0, 0.1) is 11.3 Å². The molecule has 1 heterocycles. The number of hydrogen-bond donors (Lipinski definition) is 3. The van der Waals surface area contributed by atoms with Gasteiger partial charge in [-0.2, -0.15) is 5.26 Å². The normalized spacial score (nSPS) is 9.78. The number of amides is 1. The maximum Gasteiger partial charge on any atom is 0.272 e. The maximum atomic E-state index is 11.8. The first kappa shape index (κ1) is 12.0. The van der Waals surface area contributed by atoms with Gasteiger partial charge in [-0.1, -0.05) is 11.6 Å². The molecule has 5 nitrogen and oxygen atoms in total. The topological polar surface area (TPSA) is 94.7 Å². The molecule has 1 aromatic heterocycles. The van der Waals surface area contributed by atoms with Crippen LogP contribution in [0.4, 0.5) is 11.4 Å². The first-order valence-electron chi connectivity index (χ1n) is 5.05. The first-order chi connectivity index (χ1) is 8.60. The molecule has 1 aromatic carbocycles. The monoisotopic (exact) mass is 260 g/mol. The molecule has 0 spiro atoms. The van der Waals surface area contributed by atoms with Gasteiger partial charge in [0.2, 0.25) is 0 Å². The number of aromatic amines is 1. The third kappa shape index (κ3) is 2.44. The van der Waals surface area contributed by atoms with Crippen LogP contribution in [0.1, 0.15) is 16.1 Å². The first-order valence-corrected chi connectivity index (χ1v) is 5.43. The summed E-state index contributed by atoms with van der Waals surface area (Å²) in [6.07, 6.45) is 1.53. The van der Waals surface area contributed by atoms with E-state index >= 15 is 0 Å². The van der Waals surface area contributed by atoms with E-state index in [1.165, 1.54) is 18.3 Å². The Bertz CT molecular complexity index is 642. The standard InChI is InChI=1S/C12H9ClN4O/c13-10-2-1-9(3-7(10)5-14)17-12(18)11-4-8(15)6-16-11/h1-4,6,16H,15H2,(H,17,18). The number of anilines is 2. The molecule has 0 saturated heterocycles. The Balaban J connectivity index is 2.20. The van der Waals surface area contributed by atoms with Crippen LogP contribution in [0.2, 0.25) is 5.02 Å². The second kappa shape index (κ2) is 4.82. The van der Waals surface area contributed by atoms with Gasteiger partial charge < -0.3 is 16.0 Å². The summed E-state index contributed by atoms with van der Waals surface area (Å²) in [6.45, 7) is 0. The lowest BCUT2D eigenvalue weighted by Gasteiger charge is -2.04. The number of rotatable bonds is 2. The number of nitrogens with one attached hydrogen (secondary N) is 2. The Hall–Kier alpha value is -2.45. The average Bonchev–Trinajstić information content (AvgIpc) is 2.78. The fourth-order valence-electron chi connectivity index (χ4n) is 1.43. The number of nitriles is 1. The number of halogens is 1. The lowest BCUT2D eigenvalue weighted by molar-refractivity contribution is 0.102. The molecule has 0 aliphatic rings. The van der Waals surface area contributed by atoms with Crippen LogP contribution in [0.15, 0.2) is 30.5 Å². The van der Waals surface area contributed by atoms with E-state index in [1.54, 1.807) is 12.1 Å². The van der Waals surface area contributed by atoms with Crippen LogP contribution < -0.4 is 11.1 Å². The quantitative estimate of drug-likeness (QED) is 0.774. The minimum Gasteiger partial charge on any atom is -0.397 e. The fraction of sp³-hybridized carbons (Fsp3) is 0. The van der Waals surface area contributed by atoms with Crippen LogP contribution in [0.25, 0.3) is 0 Å². The van der Waals surface area contributed by atoms with Crippen molar-refractivity contribution >= 4 is 28.9 Å². The highest BCUT2D eigenvalue weighted by Crippen LogP contribution is 2.20. The highest BCUT2D eigenvalue weighted by Gasteiger charge is 2.09. The zero-order valence-electron chi connectivity index (χ0n) is 9.20. The van der Waals surface area contributed by atoms with Gasteiger partial charge in [-0.25, -0.2) is 0 Å². The average molecular weight is 261 g/mol. The lowest BCUT2D eigenvalue weighted by Crippen LogP contribution is -2.12. The van der Waals surface area contributed by atoms with E-state index in [2.05, 4.69) is 10.3 Å². The smallest absolute Gasteiger partial charge is 0.272 e.